The van der Waals surface area contributed by atoms with Crippen molar-refractivity contribution in [1.82, 2.24) is 4.90 Å². The Morgan fingerprint density at radius 3 is 2.79 bits per heavy atom. The van der Waals surface area contributed by atoms with Gasteiger partial charge < -0.3 is 10.6 Å². The fourth-order valence-electron chi connectivity index (χ4n) is 2.78. The van der Waals surface area contributed by atoms with Crippen LogP contribution in [-0.2, 0) is 0 Å². The molecule has 1 atom stereocenters. The number of unbranched alkanes of at least 4 members (excludes halogenated alkanes) is 1. The number of fused-ring (bicyclic) bond motifs is 1. The van der Waals surface area contributed by atoms with Crippen LogP contribution in [0, 0.1) is 0 Å². The second-order valence-electron chi connectivity index (χ2n) is 5.01. The van der Waals surface area contributed by atoms with Crippen LogP contribution < -0.4 is 5.73 Å². The van der Waals surface area contributed by atoms with E-state index in [0.29, 0.717) is 23.4 Å². The number of Topliss-reactive ketones (excluding diaryl/α,β-unsaturated/α-hetero) is 1. The normalized spacial score (nSPS) is 20.1. The van der Waals surface area contributed by atoms with Crippen molar-refractivity contribution >= 4 is 23.5 Å². The third kappa shape index (κ3) is 1.59. The number of ketones is 1. The first-order valence-corrected chi connectivity index (χ1v) is 6.61. The van der Waals surface area contributed by atoms with Crippen molar-refractivity contribution in [2.75, 3.05) is 12.3 Å². The zero-order valence-corrected chi connectivity index (χ0v) is 10.8. The van der Waals surface area contributed by atoms with Gasteiger partial charge in [-0.1, -0.05) is 31.6 Å². The van der Waals surface area contributed by atoms with Gasteiger partial charge in [0, 0.05) is 17.8 Å². The van der Waals surface area contributed by atoms with Gasteiger partial charge in [-0.15, -0.1) is 0 Å². The highest BCUT2D eigenvalue weighted by Crippen LogP contribution is 2.34. The zero-order valence-electron chi connectivity index (χ0n) is 10.8. The molecule has 2 aliphatic rings. The molecule has 2 N–H and O–H groups in total. The van der Waals surface area contributed by atoms with E-state index in [4.69, 9.17) is 5.73 Å². The molecule has 1 aliphatic carbocycles. The lowest BCUT2D eigenvalue weighted by molar-refractivity contribution is 0.0617. The van der Waals surface area contributed by atoms with Gasteiger partial charge >= 0.3 is 0 Å². The molecule has 3 rings (SSSR count). The van der Waals surface area contributed by atoms with Gasteiger partial charge in [-0.3, -0.25) is 9.59 Å². The summed E-state index contributed by atoms with van der Waals surface area (Å²) in [5, 5.41) is 0. The molecule has 1 aromatic carbocycles. The number of amides is 1. The van der Waals surface area contributed by atoms with Crippen LogP contribution in [0.2, 0.25) is 0 Å². The monoisotopic (exact) mass is 256 g/mol. The van der Waals surface area contributed by atoms with Crippen LogP contribution in [0.4, 0.5) is 5.69 Å². The Morgan fingerprint density at radius 1 is 1.26 bits per heavy atom. The lowest BCUT2D eigenvalue weighted by atomic mass is 9.83. The third-order valence-electron chi connectivity index (χ3n) is 3.81. The number of hydrogen-bond donors (Lipinski definition) is 1. The van der Waals surface area contributed by atoms with Crippen molar-refractivity contribution in [1.29, 1.82) is 0 Å². The Hall–Kier alpha value is -2.10. The van der Waals surface area contributed by atoms with Gasteiger partial charge in [0.2, 0.25) is 0 Å². The maximum Gasteiger partial charge on any atom is 0.257 e. The topological polar surface area (TPSA) is 63.4 Å². The Morgan fingerprint density at radius 2 is 2.05 bits per heavy atom. The van der Waals surface area contributed by atoms with Gasteiger partial charge in [0.15, 0.2) is 5.78 Å². The molecule has 1 heterocycles. The van der Waals surface area contributed by atoms with Crippen molar-refractivity contribution in [2.24, 2.45) is 0 Å². The van der Waals surface area contributed by atoms with Crippen molar-refractivity contribution in [3.8, 4) is 0 Å². The molecule has 0 fully saturated rings. The zero-order chi connectivity index (χ0) is 13.6. The average Bonchev–Trinajstić information content (AvgIpc) is 2.40. The molecule has 0 aromatic heterocycles. The minimum atomic E-state index is -0.444. The summed E-state index contributed by atoms with van der Waals surface area (Å²) in [6, 6.07) is 3.06. The number of nitrogen functional groups attached to an aromatic ring is 1. The first-order valence-electron chi connectivity index (χ1n) is 6.61. The lowest BCUT2D eigenvalue weighted by Gasteiger charge is -2.37. The summed E-state index contributed by atoms with van der Waals surface area (Å²) in [4.78, 5) is 26.6. The van der Waals surface area contributed by atoms with E-state index >= 15 is 0 Å². The molecule has 0 saturated heterocycles. The second kappa shape index (κ2) is 4.23. The van der Waals surface area contributed by atoms with E-state index in [-0.39, 0.29) is 11.7 Å². The smallest absolute Gasteiger partial charge is 0.257 e. The molecule has 4 heteroatoms. The summed E-state index contributed by atoms with van der Waals surface area (Å²) < 4.78 is 0. The largest absolute Gasteiger partial charge is 0.398 e. The number of carbonyl (C=O) groups is 2. The highest BCUT2D eigenvalue weighted by atomic mass is 16.2. The van der Waals surface area contributed by atoms with Gasteiger partial charge in [0.25, 0.3) is 5.91 Å². The number of rotatable bonds is 3. The quantitative estimate of drug-likeness (QED) is 0.842. The summed E-state index contributed by atoms with van der Waals surface area (Å²) in [5.74, 6) is -0.118. The van der Waals surface area contributed by atoms with Crippen molar-refractivity contribution in [3.05, 3.63) is 34.9 Å². The van der Waals surface area contributed by atoms with E-state index < -0.39 is 6.04 Å². The molecule has 1 unspecified atom stereocenters. The number of anilines is 1. The van der Waals surface area contributed by atoms with Crippen LogP contribution in [-0.4, -0.2) is 29.2 Å². The lowest BCUT2D eigenvalue weighted by Crippen LogP contribution is -2.50. The summed E-state index contributed by atoms with van der Waals surface area (Å²) in [5.41, 5.74) is 7.99. The molecule has 2 bridgehead atoms. The first kappa shape index (κ1) is 12.0. The molecular formula is C15H16N2O2. The minimum Gasteiger partial charge on any atom is -0.398 e. The standard InChI is InChI=1S/C15H16N2O2/c1-2-3-8-17-11-7-5-9-4-6-10(16)13(15(17)19)12(9)14(11)18/h4-7,11H,2-3,8,16H2,1H3. The highest BCUT2D eigenvalue weighted by molar-refractivity contribution is 6.21. The van der Waals surface area contributed by atoms with Gasteiger partial charge in [-0.05, 0) is 18.1 Å². The number of nitrogens with two attached hydrogens (primary N) is 1. The van der Waals surface area contributed by atoms with Crippen LogP contribution in [0.1, 0.15) is 46.0 Å². The SMILES string of the molecule is CCCCN1C(=O)c2c(N)ccc3c2C(=O)C1C=C3. The fourth-order valence-corrected chi connectivity index (χ4v) is 2.78. The number of carbonyl (C=O) groups excluding carboxylic acids is 2. The van der Waals surface area contributed by atoms with E-state index in [0.717, 1.165) is 18.4 Å². The van der Waals surface area contributed by atoms with Crippen LogP contribution in [0.25, 0.3) is 6.08 Å². The number of benzene rings is 1. The van der Waals surface area contributed by atoms with E-state index in [9.17, 15) is 9.59 Å². The molecule has 0 saturated carbocycles. The molecule has 98 valence electrons. The van der Waals surface area contributed by atoms with E-state index in [1.807, 2.05) is 12.2 Å². The predicted octanol–water partition coefficient (Wildman–Crippen LogP) is 2.10. The van der Waals surface area contributed by atoms with Crippen LogP contribution in [0.3, 0.4) is 0 Å². The van der Waals surface area contributed by atoms with Crippen molar-refractivity contribution in [2.45, 2.75) is 25.8 Å². The van der Waals surface area contributed by atoms with Gasteiger partial charge in [-0.25, -0.2) is 0 Å². The average molecular weight is 256 g/mol. The highest BCUT2D eigenvalue weighted by Gasteiger charge is 2.41. The van der Waals surface area contributed by atoms with Gasteiger partial charge in [0.05, 0.1) is 5.56 Å². The maximum absolute atomic E-state index is 12.5. The molecule has 1 aromatic rings. The summed E-state index contributed by atoms with van der Waals surface area (Å²) in [6.07, 6.45) is 5.60. The Bertz CT molecular complexity index is 604. The van der Waals surface area contributed by atoms with Gasteiger partial charge in [-0.2, -0.15) is 0 Å². The second-order valence-corrected chi connectivity index (χ2v) is 5.01. The fraction of sp³-hybridized carbons (Fsp3) is 0.333. The molecule has 0 spiro atoms. The molecule has 4 nitrogen and oxygen atoms in total. The maximum atomic E-state index is 12.5. The van der Waals surface area contributed by atoms with Crippen LogP contribution >= 0.6 is 0 Å². The summed E-state index contributed by atoms with van der Waals surface area (Å²) in [7, 11) is 0. The number of nitrogens with zero attached hydrogens (tertiary/aromatic N) is 1. The van der Waals surface area contributed by atoms with Gasteiger partial charge in [0.1, 0.15) is 6.04 Å². The van der Waals surface area contributed by atoms with E-state index in [2.05, 4.69) is 6.92 Å². The predicted molar refractivity (Wildman–Crippen MR) is 74.0 cm³/mol. The van der Waals surface area contributed by atoms with E-state index in [1.165, 1.54) is 0 Å². The third-order valence-corrected chi connectivity index (χ3v) is 3.81. The molecule has 1 amide bonds. The molecular weight excluding hydrogens is 240 g/mol. The summed E-state index contributed by atoms with van der Waals surface area (Å²) >= 11 is 0. The van der Waals surface area contributed by atoms with Crippen molar-refractivity contribution < 1.29 is 9.59 Å². The Kier molecular flexibility index (Phi) is 2.66. The minimum absolute atomic E-state index is 0.00416. The Balaban J connectivity index is 2.16. The number of hydrogen-bond acceptors (Lipinski definition) is 3. The summed E-state index contributed by atoms with van der Waals surface area (Å²) in [6.45, 7) is 2.66. The molecule has 0 radical (unpaired) electrons. The first-order chi connectivity index (χ1) is 9.15. The van der Waals surface area contributed by atoms with Crippen LogP contribution in [0.5, 0.6) is 0 Å². The van der Waals surface area contributed by atoms with E-state index in [1.54, 1.807) is 17.0 Å². The molecule has 1 aliphatic heterocycles. The van der Waals surface area contributed by atoms with Crippen molar-refractivity contribution in [3.63, 3.8) is 0 Å². The molecule has 19 heavy (non-hydrogen) atoms. The Labute approximate surface area is 111 Å². The van der Waals surface area contributed by atoms with Crippen LogP contribution in [0.15, 0.2) is 18.2 Å².